The molecule has 0 radical (unpaired) electrons. The number of carbonyl (C=O) groups is 1. The maximum absolute atomic E-state index is 12.5. The number of nitriles is 1. The fourth-order valence-electron chi connectivity index (χ4n) is 2.25. The van der Waals surface area contributed by atoms with Crippen LogP contribution in [0.25, 0.3) is 5.69 Å². The van der Waals surface area contributed by atoms with E-state index in [2.05, 4.69) is 11.4 Å². The van der Waals surface area contributed by atoms with E-state index in [9.17, 15) is 10.1 Å². The molecule has 1 aromatic heterocycles. The zero-order valence-corrected chi connectivity index (χ0v) is 13.7. The van der Waals surface area contributed by atoms with Crippen molar-refractivity contribution >= 4 is 5.91 Å². The first-order valence-electron chi connectivity index (χ1n) is 7.76. The van der Waals surface area contributed by atoms with E-state index in [1.165, 1.54) is 0 Å². The Bertz CT molecular complexity index is 728. The molecule has 0 spiro atoms. The lowest BCUT2D eigenvalue weighted by Gasteiger charge is -2.14. The van der Waals surface area contributed by atoms with Gasteiger partial charge in [-0.25, -0.2) is 0 Å². The standard InChI is InChI=1S/C18H21N3O2/c1-4-13(3)20-18(22)17-14(12-19)9-10-21(17)15-7-6-8-16(11-15)23-5-2/h6-11,13H,4-5H2,1-3H3,(H,20,22). The fourth-order valence-corrected chi connectivity index (χ4v) is 2.25. The Morgan fingerprint density at radius 3 is 2.83 bits per heavy atom. The molecule has 5 heteroatoms. The van der Waals surface area contributed by atoms with Gasteiger partial charge in [-0.1, -0.05) is 13.0 Å². The molecular weight excluding hydrogens is 290 g/mol. The summed E-state index contributed by atoms with van der Waals surface area (Å²) in [5.74, 6) is 0.480. The molecule has 23 heavy (non-hydrogen) atoms. The average molecular weight is 311 g/mol. The van der Waals surface area contributed by atoms with Crippen LogP contribution in [0.3, 0.4) is 0 Å². The molecule has 0 aliphatic rings. The third kappa shape index (κ3) is 3.72. The van der Waals surface area contributed by atoms with E-state index in [-0.39, 0.29) is 11.9 Å². The summed E-state index contributed by atoms with van der Waals surface area (Å²) >= 11 is 0. The summed E-state index contributed by atoms with van der Waals surface area (Å²) in [6, 6.07) is 11.2. The van der Waals surface area contributed by atoms with Crippen molar-refractivity contribution in [2.75, 3.05) is 6.61 Å². The third-order valence-corrected chi connectivity index (χ3v) is 3.62. The molecular formula is C18H21N3O2. The van der Waals surface area contributed by atoms with Crippen LogP contribution in [0.15, 0.2) is 36.5 Å². The second-order valence-corrected chi connectivity index (χ2v) is 5.27. The number of benzene rings is 1. The maximum Gasteiger partial charge on any atom is 0.269 e. The molecule has 0 aliphatic heterocycles. The van der Waals surface area contributed by atoms with Gasteiger partial charge in [0.05, 0.1) is 12.2 Å². The highest BCUT2D eigenvalue weighted by atomic mass is 16.5. The first kappa shape index (κ1) is 16.6. The van der Waals surface area contributed by atoms with Crippen LogP contribution < -0.4 is 10.1 Å². The number of carbonyl (C=O) groups excluding carboxylic acids is 1. The van der Waals surface area contributed by atoms with Crippen molar-refractivity contribution in [3.05, 3.63) is 47.8 Å². The minimum atomic E-state index is -0.247. The SMILES string of the molecule is CCOc1cccc(-n2ccc(C#N)c2C(=O)NC(C)CC)c1. The molecule has 1 amide bonds. The van der Waals surface area contributed by atoms with Gasteiger partial charge in [0.25, 0.3) is 5.91 Å². The van der Waals surface area contributed by atoms with Gasteiger partial charge < -0.3 is 14.6 Å². The second kappa shape index (κ2) is 7.50. The van der Waals surface area contributed by atoms with Gasteiger partial charge in [0.2, 0.25) is 0 Å². The molecule has 1 unspecified atom stereocenters. The number of hydrogen-bond donors (Lipinski definition) is 1. The lowest BCUT2D eigenvalue weighted by Crippen LogP contribution is -2.33. The van der Waals surface area contributed by atoms with Gasteiger partial charge in [-0.05, 0) is 38.5 Å². The summed E-state index contributed by atoms with van der Waals surface area (Å²) < 4.78 is 7.23. The van der Waals surface area contributed by atoms with Crippen LogP contribution in [-0.4, -0.2) is 23.1 Å². The molecule has 0 aliphatic carbocycles. The molecule has 0 bridgehead atoms. The van der Waals surface area contributed by atoms with Gasteiger partial charge in [0.1, 0.15) is 17.5 Å². The van der Waals surface area contributed by atoms with Crippen molar-refractivity contribution in [1.82, 2.24) is 9.88 Å². The van der Waals surface area contributed by atoms with Crippen molar-refractivity contribution < 1.29 is 9.53 Å². The van der Waals surface area contributed by atoms with Crippen LogP contribution in [0.4, 0.5) is 0 Å². The van der Waals surface area contributed by atoms with Gasteiger partial charge in [0, 0.05) is 24.0 Å². The van der Waals surface area contributed by atoms with E-state index >= 15 is 0 Å². The summed E-state index contributed by atoms with van der Waals surface area (Å²) in [6.45, 7) is 6.43. The zero-order chi connectivity index (χ0) is 16.8. The first-order valence-corrected chi connectivity index (χ1v) is 7.76. The second-order valence-electron chi connectivity index (χ2n) is 5.27. The first-order chi connectivity index (χ1) is 11.1. The van der Waals surface area contributed by atoms with Gasteiger partial charge in [-0.2, -0.15) is 5.26 Å². The Morgan fingerprint density at radius 1 is 1.39 bits per heavy atom. The third-order valence-electron chi connectivity index (χ3n) is 3.62. The molecule has 120 valence electrons. The number of amides is 1. The average Bonchev–Trinajstić information content (AvgIpc) is 2.99. The summed E-state index contributed by atoms with van der Waals surface area (Å²) in [7, 11) is 0. The lowest BCUT2D eigenvalue weighted by atomic mass is 10.2. The van der Waals surface area contributed by atoms with E-state index in [1.54, 1.807) is 16.8 Å². The molecule has 1 aromatic carbocycles. The fraction of sp³-hybridized carbons (Fsp3) is 0.333. The lowest BCUT2D eigenvalue weighted by molar-refractivity contribution is 0.0932. The highest BCUT2D eigenvalue weighted by molar-refractivity contribution is 5.96. The summed E-state index contributed by atoms with van der Waals surface area (Å²) in [4.78, 5) is 12.5. The number of nitrogens with one attached hydrogen (secondary N) is 1. The Morgan fingerprint density at radius 2 is 2.17 bits per heavy atom. The normalized spacial score (nSPS) is 11.6. The van der Waals surface area contributed by atoms with Crippen molar-refractivity contribution in [2.24, 2.45) is 0 Å². The molecule has 1 atom stereocenters. The van der Waals surface area contributed by atoms with Crippen LogP contribution in [0, 0.1) is 11.3 Å². The number of ether oxygens (including phenoxy) is 1. The van der Waals surface area contributed by atoms with E-state index < -0.39 is 0 Å². The van der Waals surface area contributed by atoms with E-state index in [1.807, 2.05) is 45.0 Å². The van der Waals surface area contributed by atoms with Crippen LogP contribution >= 0.6 is 0 Å². The van der Waals surface area contributed by atoms with Crippen LogP contribution in [-0.2, 0) is 0 Å². The van der Waals surface area contributed by atoms with Crippen molar-refractivity contribution in [3.63, 3.8) is 0 Å². The Kier molecular flexibility index (Phi) is 5.42. The summed E-state index contributed by atoms with van der Waals surface area (Å²) in [6.07, 6.45) is 2.56. The van der Waals surface area contributed by atoms with Crippen molar-refractivity contribution in [2.45, 2.75) is 33.2 Å². The largest absolute Gasteiger partial charge is 0.494 e. The highest BCUT2D eigenvalue weighted by Crippen LogP contribution is 2.21. The van der Waals surface area contributed by atoms with Crippen LogP contribution in [0.2, 0.25) is 0 Å². The van der Waals surface area contributed by atoms with Crippen molar-refractivity contribution in [3.8, 4) is 17.5 Å². The van der Waals surface area contributed by atoms with Crippen LogP contribution in [0.5, 0.6) is 5.75 Å². The monoisotopic (exact) mass is 311 g/mol. The Hall–Kier alpha value is -2.74. The topological polar surface area (TPSA) is 67.0 Å². The Balaban J connectivity index is 2.44. The molecule has 2 aromatic rings. The van der Waals surface area contributed by atoms with Crippen LogP contribution in [0.1, 0.15) is 43.2 Å². The molecule has 1 N–H and O–H groups in total. The van der Waals surface area contributed by atoms with Gasteiger partial charge in [-0.15, -0.1) is 0 Å². The minimum Gasteiger partial charge on any atom is -0.494 e. The quantitative estimate of drug-likeness (QED) is 0.890. The van der Waals surface area contributed by atoms with Crippen molar-refractivity contribution in [1.29, 1.82) is 5.26 Å². The zero-order valence-electron chi connectivity index (χ0n) is 13.7. The van der Waals surface area contributed by atoms with E-state index in [4.69, 9.17) is 4.74 Å². The minimum absolute atomic E-state index is 0.0483. The molecule has 0 saturated heterocycles. The predicted molar refractivity (Wildman–Crippen MR) is 88.9 cm³/mol. The number of hydrogen-bond acceptors (Lipinski definition) is 3. The molecule has 0 saturated carbocycles. The Labute approximate surface area is 136 Å². The highest BCUT2D eigenvalue weighted by Gasteiger charge is 2.19. The molecule has 1 heterocycles. The van der Waals surface area contributed by atoms with E-state index in [0.717, 1.165) is 17.9 Å². The van der Waals surface area contributed by atoms with Gasteiger partial charge in [0.15, 0.2) is 0 Å². The summed E-state index contributed by atoms with van der Waals surface area (Å²) in [5, 5.41) is 12.2. The molecule has 0 fully saturated rings. The summed E-state index contributed by atoms with van der Waals surface area (Å²) in [5.41, 5.74) is 1.49. The number of aromatic nitrogens is 1. The maximum atomic E-state index is 12.5. The predicted octanol–water partition coefficient (Wildman–Crippen LogP) is 3.28. The van der Waals surface area contributed by atoms with Gasteiger partial charge in [-0.3, -0.25) is 4.79 Å². The molecule has 5 nitrogen and oxygen atoms in total. The number of nitrogens with zero attached hydrogens (tertiary/aromatic N) is 2. The number of rotatable bonds is 6. The van der Waals surface area contributed by atoms with Gasteiger partial charge >= 0.3 is 0 Å². The smallest absolute Gasteiger partial charge is 0.269 e. The molecule has 2 rings (SSSR count). The van der Waals surface area contributed by atoms with E-state index in [0.29, 0.717) is 17.9 Å².